The maximum atomic E-state index is 12.8. The van der Waals surface area contributed by atoms with Crippen molar-refractivity contribution in [2.24, 2.45) is 0 Å². The number of rotatable bonds is 44. The van der Waals surface area contributed by atoms with E-state index in [4.69, 9.17) is 14.2 Å². The predicted octanol–water partition coefficient (Wildman–Crippen LogP) is 16.6. The average Bonchev–Trinajstić information content (AvgIpc) is 3.27. The summed E-state index contributed by atoms with van der Waals surface area (Å²) in [5.41, 5.74) is 0. The minimum atomic E-state index is -0.812. The highest BCUT2D eigenvalue weighted by Gasteiger charge is 2.19. The van der Waals surface area contributed by atoms with Crippen LogP contribution in [0.15, 0.2) is 97.2 Å². The van der Waals surface area contributed by atoms with Gasteiger partial charge in [-0.05, 0) is 70.6 Å². The lowest BCUT2D eigenvalue weighted by molar-refractivity contribution is -0.167. The molecular formula is C56H92O6. The number of unbranched alkanes of at least 4 members (excludes halogenated alkanes) is 21. The van der Waals surface area contributed by atoms with E-state index in [0.29, 0.717) is 19.3 Å². The molecule has 0 radical (unpaired) electrons. The van der Waals surface area contributed by atoms with Crippen molar-refractivity contribution >= 4 is 17.9 Å². The first-order chi connectivity index (χ1) is 30.5. The van der Waals surface area contributed by atoms with Gasteiger partial charge in [0.2, 0.25) is 0 Å². The van der Waals surface area contributed by atoms with Gasteiger partial charge in [-0.25, -0.2) is 0 Å². The lowest BCUT2D eigenvalue weighted by atomic mass is 10.1. The largest absolute Gasteiger partial charge is 0.462 e. The van der Waals surface area contributed by atoms with Crippen molar-refractivity contribution in [3.05, 3.63) is 97.2 Å². The topological polar surface area (TPSA) is 78.9 Å². The molecule has 6 heteroatoms. The fourth-order valence-corrected chi connectivity index (χ4v) is 6.60. The zero-order valence-corrected chi connectivity index (χ0v) is 40.1. The summed E-state index contributed by atoms with van der Waals surface area (Å²) in [6.07, 6.45) is 65.4. The van der Waals surface area contributed by atoms with E-state index >= 15 is 0 Å². The van der Waals surface area contributed by atoms with E-state index in [2.05, 4.69) is 81.5 Å². The van der Waals surface area contributed by atoms with Gasteiger partial charge in [-0.2, -0.15) is 0 Å². The van der Waals surface area contributed by atoms with Crippen molar-refractivity contribution < 1.29 is 28.6 Å². The first-order valence-corrected chi connectivity index (χ1v) is 25.3. The van der Waals surface area contributed by atoms with Crippen LogP contribution in [0.2, 0.25) is 0 Å². The molecule has 0 spiro atoms. The molecule has 1 unspecified atom stereocenters. The minimum Gasteiger partial charge on any atom is -0.462 e. The average molecular weight is 861 g/mol. The van der Waals surface area contributed by atoms with Gasteiger partial charge in [0.25, 0.3) is 0 Å². The molecule has 0 aromatic carbocycles. The highest BCUT2D eigenvalue weighted by molar-refractivity contribution is 5.71. The number of ether oxygens (including phenoxy) is 3. The van der Waals surface area contributed by atoms with Gasteiger partial charge < -0.3 is 14.2 Å². The molecule has 0 bridgehead atoms. The van der Waals surface area contributed by atoms with Crippen molar-refractivity contribution in [2.45, 2.75) is 226 Å². The van der Waals surface area contributed by atoms with E-state index < -0.39 is 6.10 Å². The third-order valence-corrected chi connectivity index (χ3v) is 10.4. The highest BCUT2D eigenvalue weighted by atomic mass is 16.6. The number of carbonyl (C=O) groups excluding carboxylic acids is 3. The first-order valence-electron chi connectivity index (χ1n) is 25.3. The Morgan fingerprint density at radius 3 is 1.16 bits per heavy atom. The monoisotopic (exact) mass is 861 g/mol. The summed E-state index contributed by atoms with van der Waals surface area (Å²) in [6.45, 7) is 6.44. The van der Waals surface area contributed by atoms with Gasteiger partial charge in [-0.15, -0.1) is 0 Å². The predicted molar refractivity (Wildman–Crippen MR) is 265 cm³/mol. The van der Waals surface area contributed by atoms with Crippen molar-refractivity contribution in [3.8, 4) is 0 Å². The summed E-state index contributed by atoms with van der Waals surface area (Å²) in [5.74, 6) is -0.992. The second kappa shape index (κ2) is 50.0. The highest BCUT2D eigenvalue weighted by Crippen LogP contribution is 2.13. The van der Waals surface area contributed by atoms with Crippen molar-refractivity contribution in [1.29, 1.82) is 0 Å². The quantitative estimate of drug-likeness (QED) is 0.0200. The fraction of sp³-hybridized carbons (Fsp3) is 0.661. The maximum Gasteiger partial charge on any atom is 0.306 e. The number of carbonyl (C=O) groups is 3. The Hall–Kier alpha value is -3.67. The van der Waals surface area contributed by atoms with E-state index in [1.807, 2.05) is 36.5 Å². The maximum absolute atomic E-state index is 12.8. The summed E-state index contributed by atoms with van der Waals surface area (Å²) < 4.78 is 16.7. The van der Waals surface area contributed by atoms with Crippen molar-refractivity contribution in [3.63, 3.8) is 0 Å². The SMILES string of the molecule is CCC\C=C/C=C\C=C/C=C\C=C/CCCCCCCC(=O)OCC(COC(=O)CCCCCCCCCCC)OC(=O)CCC/C=C\C/C=C\C/C=C\CCCCCCCC. The van der Waals surface area contributed by atoms with E-state index in [0.717, 1.165) is 83.5 Å². The summed E-state index contributed by atoms with van der Waals surface area (Å²) in [6, 6.07) is 0. The fourth-order valence-electron chi connectivity index (χ4n) is 6.60. The Labute approximate surface area is 381 Å². The Morgan fingerprint density at radius 2 is 0.694 bits per heavy atom. The Kier molecular flexibility index (Phi) is 47.0. The van der Waals surface area contributed by atoms with Crippen LogP contribution in [0.25, 0.3) is 0 Å². The molecule has 0 rings (SSSR count). The zero-order chi connectivity index (χ0) is 45.1. The van der Waals surface area contributed by atoms with E-state index in [-0.39, 0.29) is 37.5 Å². The summed E-state index contributed by atoms with van der Waals surface area (Å²) in [4.78, 5) is 37.8. The van der Waals surface area contributed by atoms with Gasteiger partial charge in [0, 0.05) is 19.3 Å². The standard InChI is InChI=1S/C56H92O6/c1-4-7-10-13-16-19-21-23-25-27-29-30-32-34-37-40-43-46-49-55(58)61-52-53(51-60-54(57)48-45-42-39-36-18-15-12-9-6-3)62-56(59)50-47-44-41-38-35-33-31-28-26-24-22-20-17-14-11-8-5-2/h10,13,16,19,21,23-27,29-31,33,38,41,53H,4-9,11-12,14-15,17-18,20,22,28,32,34-37,39-40,42-52H2,1-3H3/b13-10-,19-16-,23-21-,26-24-,27-25-,30-29-,33-31-,41-38-. The van der Waals surface area contributed by atoms with Crippen LogP contribution in [-0.2, 0) is 28.6 Å². The molecule has 0 aliphatic heterocycles. The number of allylic oxidation sites excluding steroid dienone is 16. The lowest BCUT2D eigenvalue weighted by Gasteiger charge is -2.18. The number of hydrogen-bond acceptors (Lipinski definition) is 6. The molecule has 0 aliphatic carbocycles. The van der Waals surface area contributed by atoms with Crippen LogP contribution in [0, 0.1) is 0 Å². The molecule has 0 aliphatic rings. The van der Waals surface area contributed by atoms with Crippen LogP contribution in [0.4, 0.5) is 0 Å². The molecule has 0 saturated carbocycles. The molecule has 0 saturated heterocycles. The number of hydrogen-bond donors (Lipinski definition) is 0. The smallest absolute Gasteiger partial charge is 0.306 e. The molecule has 0 fully saturated rings. The van der Waals surface area contributed by atoms with Gasteiger partial charge in [0.05, 0.1) is 0 Å². The Morgan fingerprint density at radius 1 is 0.339 bits per heavy atom. The van der Waals surface area contributed by atoms with Crippen molar-refractivity contribution in [2.75, 3.05) is 13.2 Å². The molecule has 0 amide bonds. The zero-order valence-electron chi connectivity index (χ0n) is 40.1. The Bertz CT molecular complexity index is 1260. The van der Waals surface area contributed by atoms with Crippen LogP contribution in [0.3, 0.4) is 0 Å². The summed E-state index contributed by atoms with van der Waals surface area (Å²) in [5, 5.41) is 0. The van der Waals surface area contributed by atoms with E-state index in [1.54, 1.807) is 0 Å². The van der Waals surface area contributed by atoms with Crippen LogP contribution in [-0.4, -0.2) is 37.2 Å². The summed E-state index contributed by atoms with van der Waals surface area (Å²) in [7, 11) is 0. The first kappa shape index (κ1) is 58.3. The third-order valence-electron chi connectivity index (χ3n) is 10.4. The van der Waals surface area contributed by atoms with Gasteiger partial charge in [0.15, 0.2) is 6.10 Å². The number of esters is 3. The minimum absolute atomic E-state index is 0.106. The van der Waals surface area contributed by atoms with Crippen LogP contribution in [0.1, 0.15) is 220 Å². The molecule has 352 valence electrons. The normalized spacial score (nSPS) is 12.9. The molecular weight excluding hydrogens is 769 g/mol. The molecule has 1 atom stereocenters. The van der Waals surface area contributed by atoms with Gasteiger partial charge in [0.1, 0.15) is 13.2 Å². The van der Waals surface area contributed by atoms with Gasteiger partial charge in [-0.1, -0.05) is 227 Å². The Balaban J connectivity index is 4.49. The molecule has 0 N–H and O–H groups in total. The van der Waals surface area contributed by atoms with Gasteiger partial charge in [-0.3, -0.25) is 14.4 Å². The molecule has 0 heterocycles. The van der Waals surface area contributed by atoms with E-state index in [9.17, 15) is 14.4 Å². The second-order valence-electron chi connectivity index (χ2n) is 16.5. The van der Waals surface area contributed by atoms with Crippen LogP contribution >= 0.6 is 0 Å². The van der Waals surface area contributed by atoms with Crippen molar-refractivity contribution in [1.82, 2.24) is 0 Å². The van der Waals surface area contributed by atoms with E-state index in [1.165, 1.54) is 89.9 Å². The molecule has 0 aromatic rings. The molecule has 6 nitrogen and oxygen atoms in total. The van der Waals surface area contributed by atoms with Crippen LogP contribution < -0.4 is 0 Å². The molecule has 0 aromatic heterocycles. The lowest BCUT2D eigenvalue weighted by Crippen LogP contribution is -2.30. The third kappa shape index (κ3) is 47.4. The summed E-state index contributed by atoms with van der Waals surface area (Å²) >= 11 is 0. The molecule has 62 heavy (non-hydrogen) atoms. The van der Waals surface area contributed by atoms with Crippen LogP contribution in [0.5, 0.6) is 0 Å². The second-order valence-corrected chi connectivity index (χ2v) is 16.5. The van der Waals surface area contributed by atoms with Gasteiger partial charge >= 0.3 is 17.9 Å².